The van der Waals surface area contributed by atoms with Crippen LogP contribution in [0.25, 0.3) is 11.0 Å². The maximum atomic E-state index is 12.7. The third-order valence-electron chi connectivity index (χ3n) is 9.34. The molecule has 7 rings (SSSR count). The minimum atomic E-state index is -0.418. The normalized spacial score (nSPS) is 19.3. The van der Waals surface area contributed by atoms with Crippen molar-refractivity contribution in [2.75, 3.05) is 38.8 Å². The Balaban J connectivity index is 0.000000371. The van der Waals surface area contributed by atoms with Crippen LogP contribution in [0.2, 0.25) is 5.02 Å². The van der Waals surface area contributed by atoms with Crippen molar-refractivity contribution in [3.8, 4) is 17.2 Å². The van der Waals surface area contributed by atoms with Crippen LogP contribution in [0.4, 0.5) is 10.1 Å². The second-order valence-electron chi connectivity index (χ2n) is 11.9. The van der Waals surface area contributed by atoms with E-state index in [2.05, 4.69) is 14.4 Å². The summed E-state index contributed by atoms with van der Waals surface area (Å²) in [4.78, 5) is 22.0. The molecule has 3 fully saturated rings. The van der Waals surface area contributed by atoms with E-state index in [0.717, 1.165) is 55.8 Å². The number of imidazole rings is 1. The molecular weight excluding hydrogens is 703 g/mol. The molecule has 13 heteroatoms. The number of hydrogen-bond acceptors (Lipinski definition) is 9. The third-order valence-corrected chi connectivity index (χ3v) is 9.57. The van der Waals surface area contributed by atoms with Crippen LogP contribution in [-0.4, -0.2) is 82.7 Å². The number of methoxy groups -OCH3 is 2. The van der Waals surface area contributed by atoms with E-state index >= 15 is 0 Å². The number of fused-ring (bicyclic) bond motifs is 2. The van der Waals surface area contributed by atoms with Crippen molar-refractivity contribution in [3.63, 3.8) is 0 Å². The number of carbonyl (C=O) groups is 1. The Morgan fingerprint density at radius 1 is 1.08 bits per heavy atom. The number of rotatable bonds is 8. The number of benzene rings is 3. The molecule has 0 amide bonds. The molecule has 0 spiro atoms. The number of phenolic OH excluding ortho intramolecular Hbond substituents is 2. The number of ether oxygens (including phenoxy) is 3. The summed E-state index contributed by atoms with van der Waals surface area (Å²) in [5.74, 6) is 0.608. The van der Waals surface area contributed by atoms with E-state index in [9.17, 15) is 19.4 Å². The van der Waals surface area contributed by atoms with Gasteiger partial charge in [0.1, 0.15) is 17.1 Å². The molecule has 10 nitrogen and oxygen atoms in total. The molecule has 0 radical (unpaired) electrons. The van der Waals surface area contributed by atoms with Gasteiger partial charge >= 0.3 is 5.97 Å². The predicted octanol–water partition coefficient (Wildman–Crippen LogP) is 6.96. The molecule has 3 heterocycles. The van der Waals surface area contributed by atoms with Crippen molar-refractivity contribution in [1.29, 1.82) is 0 Å². The summed E-state index contributed by atoms with van der Waals surface area (Å²) in [5.41, 5.74) is 3.25. The van der Waals surface area contributed by atoms with E-state index in [1.54, 1.807) is 44.7 Å². The van der Waals surface area contributed by atoms with Crippen LogP contribution in [-0.2, 0) is 39.9 Å². The first-order valence-corrected chi connectivity index (χ1v) is 17.1. The number of phenols is 2. The number of piperazine rings is 1. The van der Waals surface area contributed by atoms with Gasteiger partial charge in [-0.15, -0.1) is 0 Å². The van der Waals surface area contributed by atoms with Crippen molar-refractivity contribution >= 4 is 34.3 Å². The Hall–Kier alpha value is -3.66. The summed E-state index contributed by atoms with van der Waals surface area (Å²) < 4.78 is 31.2. The van der Waals surface area contributed by atoms with Gasteiger partial charge in [-0.05, 0) is 43.5 Å². The second kappa shape index (κ2) is 17.5. The number of anilines is 1. The molecule has 3 aromatic carbocycles. The molecular formula is C37H45ClCrFN4O6-. The van der Waals surface area contributed by atoms with Gasteiger partial charge in [-0.1, -0.05) is 50.6 Å². The van der Waals surface area contributed by atoms with Crippen LogP contribution in [0.5, 0.6) is 17.2 Å². The topological polar surface area (TPSA) is 110 Å². The fourth-order valence-electron chi connectivity index (χ4n) is 6.57. The van der Waals surface area contributed by atoms with E-state index in [-0.39, 0.29) is 46.8 Å². The molecule has 0 bridgehead atoms. The maximum absolute atomic E-state index is 12.7. The van der Waals surface area contributed by atoms with Crippen LogP contribution < -0.4 is 9.64 Å². The molecule has 3 aliphatic rings. The Labute approximate surface area is 308 Å². The Morgan fingerprint density at radius 3 is 2.42 bits per heavy atom. The predicted molar refractivity (Wildman–Crippen MR) is 188 cm³/mol. The van der Waals surface area contributed by atoms with Gasteiger partial charge in [-0.2, -0.15) is 18.1 Å². The zero-order valence-electron chi connectivity index (χ0n) is 29.1. The number of aromatic hydroxyl groups is 2. The number of hydrogen-bond donors (Lipinski definition) is 2. The number of para-hydroxylation sites is 1. The van der Waals surface area contributed by atoms with E-state index in [0.29, 0.717) is 46.7 Å². The monoisotopic (exact) mass is 747 g/mol. The van der Waals surface area contributed by atoms with Crippen LogP contribution in [0.3, 0.4) is 0 Å². The maximum Gasteiger partial charge on any atom is 0.338 e. The van der Waals surface area contributed by atoms with Gasteiger partial charge in [0.2, 0.25) is 0 Å². The Morgan fingerprint density at radius 2 is 1.82 bits per heavy atom. The molecule has 1 aliphatic carbocycles. The first-order valence-electron chi connectivity index (χ1n) is 16.8. The van der Waals surface area contributed by atoms with Crippen LogP contribution in [0.1, 0.15) is 61.8 Å². The first kappa shape index (κ1) is 39.1. The minimum absolute atomic E-state index is 0. The molecule has 2 aliphatic heterocycles. The largest absolute Gasteiger partial charge is 0.504 e. The smallest absolute Gasteiger partial charge is 0.338 e. The molecule has 3 atom stereocenters. The van der Waals surface area contributed by atoms with Gasteiger partial charge in [0.15, 0.2) is 11.5 Å². The third kappa shape index (κ3) is 8.11. The van der Waals surface area contributed by atoms with Crippen molar-refractivity contribution in [1.82, 2.24) is 14.5 Å². The number of esters is 1. The standard InChI is InChI=1S/C27H32N4O6.C8H7ClF.C2H6.Cr/c1-35-23-13-16(27(34)36-2)12-21-25(23)28-24(31(21)14-17-8-11-37-17)15-29-9-10-30(19-7-6-18(19)29)20-4-3-5-22(32)26(20)33;1-2-6-3-4-7(9)5-8(6)10;1-2;/h3-5,12-13,17-19,32-33H,6-11,14-15H2,1-2H3;2-5H,1H3;1-2H3;/q;-1;;. The number of aromatic nitrogens is 2. The van der Waals surface area contributed by atoms with Gasteiger partial charge in [0.25, 0.3) is 0 Å². The van der Waals surface area contributed by atoms with Gasteiger partial charge < -0.3 is 33.9 Å². The average Bonchev–Trinajstić information content (AvgIpc) is 3.41. The van der Waals surface area contributed by atoms with Crippen LogP contribution in [0, 0.1) is 12.2 Å². The first-order chi connectivity index (χ1) is 23.7. The molecule has 3 unspecified atom stereocenters. The van der Waals surface area contributed by atoms with E-state index in [1.165, 1.54) is 19.2 Å². The molecule has 270 valence electrons. The van der Waals surface area contributed by atoms with Gasteiger partial charge in [-0.25, -0.2) is 9.78 Å². The van der Waals surface area contributed by atoms with Crippen molar-refractivity contribution in [2.45, 2.75) is 71.3 Å². The summed E-state index contributed by atoms with van der Waals surface area (Å²) in [6, 6.07) is 13.8. The molecule has 4 aromatic rings. The molecule has 2 N–H and O–H groups in total. The summed E-state index contributed by atoms with van der Waals surface area (Å²) in [7, 11) is 2.95. The number of halogens is 2. The van der Waals surface area contributed by atoms with Gasteiger partial charge in [0.05, 0.1) is 50.2 Å². The zero-order valence-corrected chi connectivity index (χ0v) is 31.1. The average molecular weight is 748 g/mol. The number of nitrogens with zero attached hydrogens (tertiary/aromatic N) is 4. The van der Waals surface area contributed by atoms with Crippen LogP contribution >= 0.6 is 11.6 Å². The molecule has 1 saturated carbocycles. The number of carbonyl (C=O) groups excluding carboxylic acids is 1. The quantitative estimate of drug-likeness (QED) is 0.112. The van der Waals surface area contributed by atoms with E-state index in [1.807, 2.05) is 26.0 Å². The van der Waals surface area contributed by atoms with Crippen molar-refractivity contribution in [3.05, 3.63) is 82.7 Å². The van der Waals surface area contributed by atoms with Crippen molar-refractivity contribution < 1.29 is 51.0 Å². The fourth-order valence-corrected chi connectivity index (χ4v) is 6.73. The fraction of sp³-hybridized carbons (Fsp3) is 0.432. The van der Waals surface area contributed by atoms with Crippen molar-refractivity contribution in [2.24, 2.45) is 0 Å². The Kier molecular flexibility index (Phi) is 13.7. The van der Waals surface area contributed by atoms with Gasteiger partial charge in [-0.3, -0.25) is 9.29 Å². The Bertz CT molecular complexity index is 1770. The molecule has 50 heavy (non-hydrogen) atoms. The van der Waals surface area contributed by atoms with E-state index in [4.69, 9.17) is 30.8 Å². The second-order valence-corrected chi connectivity index (χ2v) is 12.4. The minimum Gasteiger partial charge on any atom is -0.504 e. The van der Waals surface area contributed by atoms with E-state index < -0.39 is 5.97 Å². The molecule has 1 aromatic heterocycles. The molecule has 2 saturated heterocycles. The van der Waals surface area contributed by atoms with Gasteiger partial charge in [0, 0.05) is 60.0 Å². The zero-order chi connectivity index (χ0) is 35.2. The SMILES string of the molecule is CC.COC(=O)c1cc(OC)c2nc(CN3CCN(c4cccc(O)c4O)C4CCC43)n(CC3CCO3)c2c1.C[CH-]c1ccc(Cl)cc1F.[Cr]. The summed E-state index contributed by atoms with van der Waals surface area (Å²) >= 11 is 5.52. The summed E-state index contributed by atoms with van der Waals surface area (Å²) in [6.07, 6.45) is 4.89. The summed E-state index contributed by atoms with van der Waals surface area (Å²) in [6.45, 7) is 9.39. The summed E-state index contributed by atoms with van der Waals surface area (Å²) in [5, 5.41) is 20.9. The van der Waals surface area contributed by atoms with Crippen LogP contribution in [0.15, 0.2) is 48.5 Å².